The van der Waals surface area contributed by atoms with Crippen molar-refractivity contribution in [1.82, 2.24) is 4.98 Å². The molecule has 0 unspecified atom stereocenters. The van der Waals surface area contributed by atoms with Gasteiger partial charge in [0.05, 0.1) is 12.7 Å². The van der Waals surface area contributed by atoms with Gasteiger partial charge in [0, 0.05) is 37.2 Å². The molecule has 0 N–H and O–H groups in total. The van der Waals surface area contributed by atoms with Crippen molar-refractivity contribution >= 4 is 11.7 Å². The number of pyridine rings is 1. The molecule has 1 aromatic heterocycles. The number of halogens is 2. The smallest absolute Gasteiger partial charge is 0.338 e. The quantitative estimate of drug-likeness (QED) is 0.304. The number of hydrogen-bond donors (Lipinski definition) is 0. The van der Waals surface area contributed by atoms with Crippen molar-refractivity contribution < 1.29 is 18.3 Å². The number of hydrogen-bond acceptors (Lipinski definition) is 4. The van der Waals surface area contributed by atoms with E-state index < -0.39 is 17.6 Å². The molecule has 1 heterocycles. The highest BCUT2D eigenvalue weighted by atomic mass is 19.1. The fourth-order valence-corrected chi connectivity index (χ4v) is 3.97. The standard InChI is InChI=1S/C28H24F2N2O2/c1-19-6-3-4-8-25(19)27-12-20(9-10-26(27)28(33)34-2)17-32(18-21-7-5-11-31-16-21)24-14-22(29)13-23(30)15-24/h3-16H,17-18H2,1-2H3. The predicted octanol–water partition coefficient (Wildman–Crippen LogP) is 6.33. The number of methoxy groups -OCH3 is 1. The first-order valence-electron chi connectivity index (χ1n) is 10.8. The molecule has 172 valence electrons. The second kappa shape index (κ2) is 10.3. The molecular formula is C28H24F2N2O2. The van der Waals surface area contributed by atoms with E-state index in [1.165, 1.54) is 19.2 Å². The lowest BCUT2D eigenvalue weighted by molar-refractivity contribution is 0.0601. The number of anilines is 1. The van der Waals surface area contributed by atoms with Crippen LogP contribution in [-0.2, 0) is 17.8 Å². The van der Waals surface area contributed by atoms with Gasteiger partial charge in [-0.15, -0.1) is 0 Å². The molecule has 4 aromatic rings. The summed E-state index contributed by atoms with van der Waals surface area (Å²) in [7, 11) is 1.35. The minimum absolute atomic E-state index is 0.359. The second-order valence-corrected chi connectivity index (χ2v) is 8.03. The van der Waals surface area contributed by atoms with E-state index in [2.05, 4.69) is 4.98 Å². The molecule has 0 atom stereocenters. The Morgan fingerprint density at radius 1 is 0.882 bits per heavy atom. The molecule has 3 aromatic carbocycles. The summed E-state index contributed by atoms with van der Waals surface area (Å²) >= 11 is 0. The average Bonchev–Trinajstić information content (AvgIpc) is 2.83. The van der Waals surface area contributed by atoms with Crippen molar-refractivity contribution in [2.24, 2.45) is 0 Å². The van der Waals surface area contributed by atoms with Gasteiger partial charge in [0.1, 0.15) is 11.6 Å². The summed E-state index contributed by atoms with van der Waals surface area (Å²) in [6.45, 7) is 2.74. The van der Waals surface area contributed by atoms with Crippen molar-refractivity contribution in [3.63, 3.8) is 0 Å². The maximum absolute atomic E-state index is 14.0. The Labute approximate surface area is 197 Å². The van der Waals surface area contributed by atoms with Gasteiger partial charge in [0.25, 0.3) is 0 Å². The van der Waals surface area contributed by atoms with Gasteiger partial charge in [-0.1, -0.05) is 36.4 Å². The molecule has 0 saturated carbocycles. The molecule has 0 aliphatic heterocycles. The Morgan fingerprint density at radius 2 is 1.62 bits per heavy atom. The predicted molar refractivity (Wildman–Crippen MR) is 128 cm³/mol. The summed E-state index contributed by atoms with van der Waals surface area (Å²) in [4.78, 5) is 18.5. The largest absolute Gasteiger partial charge is 0.465 e. The number of benzene rings is 3. The third-order valence-corrected chi connectivity index (χ3v) is 5.61. The Morgan fingerprint density at radius 3 is 2.29 bits per heavy atom. The molecule has 0 fully saturated rings. The van der Waals surface area contributed by atoms with E-state index in [0.717, 1.165) is 33.9 Å². The van der Waals surface area contributed by atoms with Crippen molar-refractivity contribution in [3.8, 4) is 11.1 Å². The first-order chi connectivity index (χ1) is 16.4. The molecule has 0 bridgehead atoms. The maximum atomic E-state index is 14.0. The molecule has 34 heavy (non-hydrogen) atoms. The van der Waals surface area contributed by atoms with Crippen molar-refractivity contribution in [2.75, 3.05) is 12.0 Å². The van der Waals surface area contributed by atoms with E-state index in [1.807, 2.05) is 60.4 Å². The van der Waals surface area contributed by atoms with Gasteiger partial charge in [0.2, 0.25) is 0 Å². The Kier molecular flexibility index (Phi) is 6.97. The Hall–Kier alpha value is -4.06. The van der Waals surface area contributed by atoms with Crippen LogP contribution in [0.25, 0.3) is 11.1 Å². The first kappa shape index (κ1) is 23.1. The van der Waals surface area contributed by atoms with E-state index in [1.54, 1.807) is 18.5 Å². The van der Waals surface area contributed by atoms with Gasteiger partial charge >= 0.3 is 5.97 Å². The fraction of sp³-hybridized carbons (Fsp3) is 0.143. The molecule has 0 aliphatic rings. The molecule has 0 spiro atoms. The number of carbonyl (C=O) groups excluding carboxylic acids is 1. The summed E-state index contributed by atoms with van der Waals surface area (Å²) in [5, 5.41) is 0. The van der Waals surface area contributed by atoms with Gasteiger partial charge in [-0.05, 0) is 65.1 Å². The van der Waals surface area contributed by atoms with E-state index in [0.29, 0.717) is 24.3 Å². The minimum Gasteiger partial charge on any atom is -0.465 e. The van der Waals surface area contributed by atoms with Gasteiger partial charge < -0.3 is 9.64 Å². The zero-order chi connectivity index (χ0) is 24.1. The third-order valence-electron chi connectivity index (χ3n) is 5.61. The highest BCUT2D eigenvalue weighted by Gasteiger charge is 2.17. The fourth-order valence-electron chi connectivity index (χ4n) is 3.97. The lowest BCUT2D eigenvalue weighted by Crippen LogP contribution is -2.22. The second-order valence-electron chi connectivity index (χ2n) is 8.03. The monoisotopic (exact) mass is 458 g/mol. The summed E-state index contributed by atoms with van der Waals surface area (Å²) in [5.74, 6) is -1.72. The van der Waals surface area contributed by atoms with Crippen LogP contribution in [0, 0.1) is 18.6 Å². The van der Waals surface area contributed by atoms with Crippen LogP contribution in [-0.4, -0.2) is 18.1 Å². The average molecular weight is 459 g/mol. The van der Waals surface area contributed by atoms with Crippen LogP contribution in [0.4, 0.5) is 14.5 Å². The van der Waals surface area contributed by atoms with Crippen LogP contribution in [0.5, 0.6) is 0 Å². The van der Waals surface area contributed by atoms with Gasteiger partial charge in [-0.3, -0.25) is 4.98 Å². The van der Waals surface area contributed by atoms with Crippen LogP contribution < -0.4 is 4.90 Å². The number of carbonyl (C=O) groups is 1. The molecule has 0 amide bonds. The van der Waals surface area contributed by atoms with Crippen molar-refractivity contribution in [3.05, 3.63) is 119 Å². The van der Waals surface area contributed by atoms with E-state index in [9.17, 15) is 13.6 Å². The number of ether oxygens (including phenoxy) is 1. The summed E-state index contributed by atoms with van der Waals surface area (Å²) in [6.07, 6.45) is 3.40. The molecule has 0 saturated heterocycles. The van der Waals surface area contributed by atoms with Gasteiger partial charge in [-0.2, -0.15) is 0 Å². The van der Waals surface area contributed by atoms with Crippen LogP contribution in [0.15, 0.2) is 85.2 Å². The Bertz CT molecular complexity index is 1290. The first-order valence-corrected chi connectivity index (χ1v) is 10.8. The van der Waals surface area contributed by atoms with E-state index >= 15 is 0 Å². The SMILES string of the molecule is COC(=O)c1ccc(CN(Cc2cccnc2)c2cc(F)cc(F)c2)cc1-c1ccccc1C. The number of aryl methyl sites for hydroxylation is 1. The number of esters is 1. The summed E-state index contributed by atoms with van der Waals surface area (Å²) in [5.41, 5.74) is 5.32. The van der Waals surface area contributed by atoms with Crippen molar-refractivity contribution in [1.29, 1.82) is 0 Å². The third kappa shape index (κ3) is 5.29. The van der Waals surface area contributed by atoms with Crippen molar-refractivity contribution in [2.45, 2.75) is 20.0 Å². The molecule has 6 heteroatoms. The summed E-state index contributed by atoms with van der Waals surface area (Å²) < 4.78 is 33.1. The Balaban J connectivity index is 1.77. The molecule has 4 rings (SSSR count). The molecule has 4 nitrogen and oxygen atoms in total. The van der Waals surface area contributed by atoms with Crippen LogP contribution in [0.1, 0.15) is 27.0 Å². The lowest BCUT2D eigenvalue weighted by Gasteiger charge is -2.26. The zero-order valence-electron chi connectivity index (χ0n) is 19.0. The highest BCUT2D eigenvalue weighted by molar-refractivity contribution is 5.97. The molecule has 0 aliphatic carbocycles. The molecule has 0 radical (unpaired) electrons. The van der Waals surface area contributed by atoms with E-state index in [4.69, 9.17) is 4.74 Å². The highest BCUT2D eigenvalue weighted by Crippen LogP contribution is 2.30. The van der Waals surface area contributed by atoms with Crippen LogP contribution >= 0.6 is 0 Å². The van der Waals surface area contributed by atoms with Gasteiger partial charge in [-0.25, -0.2) is 13.6 Å². The number of rotatable bonds is 7. The van der Waals surface area contributed by atoms with Crippen LogP contribution in [0.3, 0.4) is 0 Å². The van der Waals surface area contributed by atoms with Gasteiger partial charge in [0.15, 0.2) is 0 Å². The normalized spacial score (nSPS) is 10.7. The zero-order valence-corrected chi connectivity index (χ0v) is 19.0. The summed E-state index contributed by atoms with van der Waals surface area (Å²) in [6, 6.07) is 20.5. The number of aromatic nitrogens is 1. The van der Waals surface area contributed by atoms with E-state index in [-0.39, 0.29) is 0 Å². The minimum atomic E-state index is -0.646. The lowest BCUT2D eigenvalue weighted by atomic mass is 9.94. The topological polar surface area (TPSA) is 42.4 Å². The van der Waals surface area contributed by atoms with Crippen LogP contribution in [0.2, 0.25) is 0 Å². The maximum Gasteiger partial charge on any atom is 0.338 e. The number of nitrogens with zero attached hydrogens (tertiary/aromatic N) is 2. The molecular weight excluding hydrogens is 434 g/mol.